The number of anilines is 2. The number of rotatable bonds is 8. The van der Waals surface area contributed by atoms with Crippen LogP contribution in [-0.4, -0.2) is 35.1 Å². The fourth-order valence-corrected chi connectivity index (χ4v) is 4.98. The van der Waals surface area contributed by atoms with Crippen LogP contribution in [0.1, 0.15) is 5.56 Å². The first kappa shape index (κ1) is 26.4. The van der Waals surface area contributed by atoms with E-state index < -0.39 is 34.2 Å². The van der Waals surface area contributed by atoms with Crippen molar-refractivity contribution < 1.29 is 35.9 Å². The lowest BCUT2D eigenvalue weighted by molar-refractivity contribution is -0.137. The molecule has 35 heavy (non-hydrogen) atoms. The number of nitrogens with one attached hydrogen (secondary N) is 1. The predicted octanol–water partition coefficient (Wildman–Crippen LogP) is 5.32. The van der Waals surface area contributed by atoms with Crippen molar-refractivity contribution in [3.8, 4) is 11.5 Å². The summed E-state index contributed by atoms with van der Waals surface area (Å²) < 4.78 is 78.7. The molecule has 0 atom stereocenters. The number of alkyl halides is 3. The molecule has 0 saturated carbocycles. The molecule has 0 bridgehead atoms. The highest BCUT2D eigenvalue weighted by Crippen LogP contribution is 2.35. The van der Waals surface area contributed by atoms with Crippen molar-refractivity contribution in [1.82, 2.24) is 0 Å². The van der Waals surface area contributed by atoms with E-state index >= 15 is 0 Å². The van der Waals surface area contributed by atoms with Crippen LogP contribution >= 0.6 is 15.9 Å². The Morgan fingerprint density at radius 1 is 0.971 bits per heavy atom. The maximum Gasteiger partial charge on any atom is 0.416 e. The zero-order valence-corrected chi connectivity index (χ0v) is 20.9. The van der Waals surface area contributed by atoms with Crippen molar-refractivity contribution in [1.29, 1.82) is 0 Å². The van der Waals surface area contributed by atoms with E-state index in [1.807, 2.05) is 0 Å². The van der Waals surface area contributed by atoms with Gasteiger partial charge in [-0.05, 0) is 48.5 Å². The van der Waals surface area contributed by atoms with E-state index in [0.29, 0.717) is 20.5 Å². The number of carbonyl (C=O) groups is 1. The lowest BCUT2D eigenvalue weighted by Gasteiger charge is -2.25. The lowest BCUT2D eigenvalue weighted by Crippen LogP contribution is -2.38. The van der Waals surface area contributed by atoms with Crippen LogP contribution in [0.3, 0.4) is 0 Å². The van der Waals surface area contributed by atoms with Crippen LogP contribution in [-0.2, 0) is 21.0 Å². The van der Waals surface area contributed by atoms with Gasteiger partial charge in [0.2, 0.25) is 5.91 Å². The van der Waals surface area contributed by atoms with Gasteiger partial charge in [0, 0.05) is 16.2 Å². The summed E-state index contributed by atoms with van der Waals surface area (Å²) in [5.74, 6) is -0.412. The second-order valence-corrected chi connectivity index (χ2v) is 9.91. The van der Waals surface area contributed by atoms with Crippen molar-refractivity contribution in [3.05, 3.63) is 76.8 Å². The van der Waals surface area contributed by atoms with E-state index in [1.54, 1.807) is 24.3 Å². The molecule has 0 spiro atoms. The van der Waals surface area contributed by atoms with Crippen LogP contribution in [0.25, 0.3) is 0 Å². The van der Waals surface area contributed by atoms with Crippen LogP contribution < -0.4 is 19.1 Å². The van der Waals surface area contributed by atoms with Gasteiger partial charge in [0.1, 0.15) is 6.54 Å². The summed E-state index contributed by atoms with van der Waals surface area (Å²) in [4.78, 5) is 12.5. The highest BCUT2D eigenvalue weighted by Gasteiger charge is 2.33. The fourth-order valence-electron chi connectivity index (χ4n) is 3.15. The summed E-state index contributed by atoms with van der Waals surface area (Å²) in [6.45, 7) is -0.787. The number of hydrogen-bond donors (Lipinski definition) is 1. The van der Waals surface area contributed by atoms with Crippen molar-refractivity contribution in [2.24, 2.45) is 0 Å². The van der Waals surface area contributed by atoms with Gasteiger partial charge in [-0.15, -0.1) is 0 Å². The van der Waals surface area contributed by atoms with Gasteiger partial charge in [0.25, 0.3) is 10.0 Å². The SMILES string of the molecule is COc1ccc(S(=O)(=O)N(CC(=O)Nc2cccc(Br)c2)c2cccc(C(F)(F)F)c2)cc1OC. The smallest absolute Gasteiger partial charge is 0.416 e. The summed E-state index contributed by atoms with van der Waals surface area (Å²) in [5.41, 5.74) is -1.02. The minimum Gasteiger partial charge on any atom is -0.493 e. The third kappa shape index (κ3) is 6.25. The summed E-state index contributed by atoms with van der Waals surface area (Å²) in [6, 6.07) is 14.0. The Bertz CT molecular complexity index is 1330. The molecule has 186 valence electrons. The average molecular weight is 573 g/mol. The zero-order valence-electron chi connectivity index (χ0n) is 18.5. The summed E-state index contributed by atoms with van der Waals surface area (Å²) in [7, 11) is -1.83. The number of sulfonamides is 1. The topological polar surface area (TPSA) is 84.9 Å². The number of nitrogens with zero attached hydrogens (tertiary/aromatic N) is 1. The first-order chi connectivity index (χ1) is 16.5. The quantitative estimate of drug-likeness (QED) is 0.395. The maximum absolute atomic E-state index is 13.6. The highest BCUT2D eigenvalue weighted by atomic mass is 79.9. The van der Waals surface area contributed by atoms with E-state index in [2.05, 4.69) is 21.2 Å². The van der Waals surface area contributed by atoms with Crippen LogP contribution in [0, 0.1) is 0 Å². The highest BCUT2D eigenvalue weighted by molar-refractivity contribution is 9.10. The second kappa shape index (κ2) is 10.6. The molecule has 0 radical (unpaired) electrons. The zero-order chi connectivity index (χ0) is 25.8. The summed E-state index contributed by atoms with van der Waals surface area (Å²) in [6.07, 6.45) is -4.71. The van der Waals surface area contributed by atoms with E-state index in [0.717, 1.165) is 12.1 Å². The summed E-state index contributed by atoms with van der Waals surface area (Å²) in [5, 5.41) is 2.55. The fraction of sp³-hybridized carbons (Fsp3) is 0.174. The number of amides is 1. The molecule has 1 N–H and O–H groups in total. The van der Waals surface area contributed by atoms with Crippen LogP contribution in [0.15, 0.2) is 76.1 Å². The summed E-state index contributed by atoms with van der Waals surface area (Å²) >= 11 is 3.27. The van der Waals surface area contributed by atoms with Crippen LogP contribution in [0.5, 0.6) is 11.5 Å². The van der Waals surface area contributed by atoms with Gasteiger partial charge < -0.3 is 14.8 Å². The van der Waals surface area contributed by atoms with Crippen LogP contribution in [0.4, 0.5) is 24.5 Å². The van der Waals surface area contributed by atoms with Gasteiger partial charge in [-0.3, -0.25) is 9.10 Å². The Labute approximate surface area is 208 Å². The molecule has 0 fully saturated rings. The first-order valence-electron chi connectivity index (χ1n) is 9.93. The Hall–Kier alpha value is -3.25. The molecule has 3 rings (SSSR count). The van der Waals surface area contributed by atoms with E-state index in [1.165, 1.54) is 38.5 Å². The predicted molar refractivity (Wildman–Crippen MR) is 128 cm³/mol. The molecule has 0 aliphatic rings. The Morgan fingerprint density at radius 3 is 2.29 bits per heavy atom. The lowest BCUT2D eigenvalue weighted by atomic mass is 10.2. The monoisotopic (exact) mass is 572 g/mol. The number of halogens is 4. The standard InChI is InChI=1S/C23H20BrF3N2O5S/c1-33-20-10-9-19(13-21(20)34-2)35(31,32)29(18-8-3-5-15(11-18)23(25,26)27)14-22(30)28-17-7-4-6-16(24)12-17/h3-13H,14H2,1-2H3,(H,28,30). The minimum atomic E-state index is -4.71. The first-order valence-corrected chi connectivity index (χ1v) is 12.2. The number of carbonyl (C=O) groups excluding carboxylic acids is 1. The number of methoxy groups -OCH3 is 2. The molecular formula is C23H20BrF3N2O5S. The molecule has 0 aromatic heterocycles. The Balaban J connectivity index is 2.06. The minimum absolute atomic E-state index is 0.0937. The molecule has 3 aromatic carbocycles. The van der Waals surface area contributed by atoms with Gasteiger partial charge in [0.15, 0.2) is 11.5 Å². The van der Waals surface area contributed by atoms with Crippen molar-refractivity contribution in [3.63, 3.8) is 0 Å². The Morgan fingerprint density at radius 2 is 1.66 bits per heavy atom. The van der Waals surface area contributed by atoms with Gasteiger partial charge in [-0.25, -0.2) is 8.42 Å². The molecule has 0 aliphatic carbocycles. The third-order valence-corrected chi connectivity index (χ3v) is 7.06. The Kier molecular flexibility index (Phi) is 7.96. The second-order valence-electron chi connectivity index (χ2n) is 7.14. The normalized spacial score (nSPS) is 11.6. The van der Waals surface area contributed by atoms with Crippen LogP contribution in [0.2, 0.25) is 0 Å². The van der Waals surface area contributed by atoms with Gasteiger partial charge in [-0.1, -0.05) is 28.1 Å². The van der Waals surface area contributed by atoms with E-state index in [-0.39, 0.29) is 22.1 Å². The van der Waals surface area contributed by atoms with Crippen molar-refractivity contribution >= 4 is 43.2 Å². The molecule has 7 nitrogen and oxygen atoms in total. The molecule has 1 amide bonds. The molecule has 0 unspecified atom stereocenters. The molecule has 3 aromatic rings. The van der Waals surface area contributed by atoms with Gasteiger partial charge in [0.05, 0.1) is 30.4 Å². The molecule has 0 aliphatic heterocycles. The number of ether oxygens (including phenoxy) is 2. The van der Waals surface area contributed by atoms with Gasteiger partial charge in [-0.2, -0.15) is 13.2 Å². The van der Waals surface area contributed by atoms with Crippen molar-refractivity contribution in [2.45, 2.75) is 11.1 Å². The molecule has 0 saturated heterocycles. The van der Waals surface area contributed by atoms with Crippen molar-refractivity contribution in [2.75, 3.05) is 30.4 Å². The molecular weight excluding hydrogens is 553 g/mol. The molecule has 12 heteroatoms. The third-order valence-electron chi connectivity index (χ3n) is 4.80. The van der Waals surface area contributed by atoms with E-state index in [9.17, 15) is 26.4 Å². The maximum atomic E-state index is 13.6. The van der Waals surface area contributed by atoms with E-state index in [4.69, 9.17) is 9.47 Å². The number of benzene rings is 3. The number of hydrogen-bond acceptors (Lipinski definition) is 5. The molecule has 0 heterocycles. The van der Waals surface area contributed by atoms with Gasteiger partial charge >= 0.3 is 6.18 Å². The average Bonchev–Trinajstić information content (AvgIpc) is 2.81. The largest absolute Gasteiger partial charge is 0.493 e.